The van der Waals surface area contributed by atoms with Gasteiger partial charge in [0.1, 0.15) is 0 Å². The van der Waals surface area contributed by atoms with Crippen molar-refractivity contribution < 1.29 is 14.3 Å². The molecule has 29 heavy (non-hydrogen) atoms. The number of ether oxygens (including phenoxy) is 2. The first-order valence-electron chi connectivity index (χ1n) is 8.23. The molecule has 0 fully saturated rings. The normalized spacial score (nSPS) is 10.6. The monoisotopic (exact) mass is 453 g/mol. The summed E-state index contributed by atoms with van der Waals surface area (Å²) in [6, 6.07) is 10.1. The second-order valence-electron chi connectivity index (χ2n) is 5.71. The molecule has 0 spiro atoms. The average molecular weight is 454 g/mol. The summed E-state index contributed by atoms with van der Waals surface area (Å²) in [5.41, 5.74) is 1.17. The van der Waals surface area contributed by atoms with Gasteiger partial charge in [-0.1, -0.05) is 35.0 Å². The van der Waals surface area contributed by atoms with Gasteiger partial charge in [0.25, 0.3) is 0 Å². The maximum Gasteiger partial charge on any atom is 0.234 e. The van der Waals surface area contributed by atoms with E-state index in [9.17, 15) is 4.79 Å². The molecule has 0 atom stereocenters. The smallest absolute Gasteiger partial charge is 0.234 e. The number of benzene rings is 2. The number of rotatable bonds is 7. The molecule has 2 aromatic carbocycles. The Morgan fingerprint density at radius 2 is 1.90 bits per heavy atom. The number of halogens is 2. The minimum Gasteiger partial charge on any atom is -0.493 e. The third kappa shape index (κ3) is 4.87. The summed E-state index contributed by atoms with van der Waals surface area (Å²) in [5, 5.41) is 12.1. The average Bonchev–Trinajstić information content (AvgIpc) is 3.06. The van der Waals surface area contributed by atoms with Gasteiger partial charge < -0.3 is 20.6 Å². The number of nitrogens with one attached hydrogen (secondary N) is 1. The topological polar surface area (TPSA) is 104 Å². The van der Waals surface area contributed by atoms with Crippen LogP contribution in [-0.2, 0) is 4.79 Å². The van der Waals surface area contributed by atoms with E-state index in [0.717, 1.165) is 11.8 Å². The summed E-state index contributed by atoms with van der Waals surface area (Å²) in [7, 11) is 3.07. The minimum absolute atomic E-state index is 0.0814. The van der Waals surface area contributed by atoms with Crippen LogP contribution in [0.5, 0.6) is 11.5 Å². The molecule has 1 amide bonds. The number of thioether (sulfide) groups is 1. The summed E-state index contributed by atoms with van der Waals surface area (Å²) in [6.45, 7) is 0. The number of nitrogens with zero attached hydrogens (tertiary/aromatic N) is 3. The number of hydrogen-bond donors (Lipinski definition) is 2. The van der Waals surface area contributed by atoms with E-state index in [4.69, 9.17) is 38.5 Å². The van der Waals surface area contributed by atoms with Crippen LogP contribution < -0.4 is 20.6 Å². The van der Waals surface area contributed by atoms with Gasteiger partial charge in [0.05, 0.1) is 25.0 Å². The number of hydrogen-bond acceptors (Lipinski definition) is 7. The summed E-state index contributed by atoms with van der Waals surface area (Å²) in [6.07, 6.45) is 0. The van der Waals surface area contributed by atoms with Gasteiger partial charge in [0.15, 0.2) is 17.3 Å². The van der Waals surface area contributed by atoms with E-state index in [1.807, 2.05) is 0 Å². The van der Waals surface area contributed by atoms with Gasteiger partial charge in [-0.05, 0) is 30.3 Å². The van der Waals surface area contributed by atoms with Gasteiger partial charge in [0.2, 0.25) is 11.1 Å². The molecule has 152 valence electrons. The zero-order valence-electron chi connectivity index (χ0n) is 15.5. The first-order chi connectivity index (χ1) is 13.9. The molecule has 8 nitrogen and oxygen atoms in total. The number of amides is 1. The van der Waals surface area contributed by atoms with Crippen molar-refractivity contribution >= 4 is 46.6 Å². The Kier molecular flexibility index (Phi) is 6.73. The van der Waals surface area contributed by atoms with Crippen molar-refractivity contribution in [2.24, 2.45) is 0 Å². The molecule has 0 aliphatic carbocycles. The standard InChI is InChI=1S/C18H17Cl2N5O3S/c1-27-14-6-4-11(8-15(14)28-2)22-16(26)9-29-18-24-23-17(25(18)21)12-5-3-10(19)7-13(12)20/h3-8H,9,21H2,1-2H3,(H,22,26). The van der Waals surface area contributed by atoms with Crippen LogP contribution in [0.25, 0.3) is 11.4 Å². The van der Waals surface area contributed by atoms with Crippen molar-refractivity contribution in [3.8, 4) is 22.9 Å². The second-order valence-corrected chi connectivity index (χ2v) is 7.49. The van der Waals surface area contributed by atoms with Crippen LogP contribution in [0.4, 0.5) is 5.69 Å². The Morgan fingerprint density at radius 1 is 1.14 bits per heavy atom. The highest BCUT2D eigenvalue weighted by molar-refractivity contribution is 7.99. The Bertz CT molecular complexity index is 1040. The van der Waals surface area contributed by atoms with E-state index in [0.29, 0.717) is 43.8 Å². The molecular formula is C18H17Cl2N5O3S. The van der Waals surface area contributed by atoms with Gasteiger partial charge in [0, 0.05) is 22.3 Å². The summed E-state index contributed by atoms with van der Waals surface area (Å²) in [4.78, 5) is 12.3. The van der Waals surface area contributed by atoms with Crippen molar-refractivity contribution in [3.63, 3.8) is 0 Å². The van der Waals surface area contributed by atoms with E-state index < -0.39 is 0 Å². The SMILES string of the molecule is COc1ccc(NC(=O)CSc2nnc(-c3ccc(Cl)cc3Cl)n2N)cc1OC. The fourth-order valence-electron chi connectivity index (χ4n) is 2.47. The van der Waals surface area contributed by atoms with E-state index in [1.165, 1.54) is 11.8 Å². The fourth-order valence-corrected chi connectivity index (χ4v) is 3.62. The first-order valence-corrected chi connectivity index (χ1v) is 9.97. The lowest BCUT2D eigenvalue weighted by Crippen LogP contribution is -2.16. The Balaban J connectivity index is 1.66. The molecule has 0 aliphatic rings. The van der Waals surface area contributed by atoms with Gasteiger partial charge in [-0.15, -0.1) is 10.2 Å². The molecule has 3 aromatic rings. The van der Waals surface area contributed by atoms with Gasteiger partial charge in [-0.3, -0.25) is 4.79 Å². The molecule has 11 heteroatoms. The highest BCUT2D eigenvalue weighted by Gasteiger charge is 2.16. The molecular weight excluding hydrogens is 437 g/mol. The molecule has 3 rings (SSSR count). The lowest BCUT2D eigenvalue weighted by molar-refractivity contribution is -0.113. The van der Waals surface area contributed by atoms with Crippen molar-refractivity contribution in [1.29, 1.82) is 0 Å². The van der Waals surface area contributed by atoms with E-state index in [2.05, 4.69) is 15.5 Å². The predicted molar refractivity (Wildman–Crippen MR) is 115 cm³/mol. The van der Waals surface area contributed by atoms with E-state index in [1.54, 1.807) is 43.5 Å². The molecule has 0 aliphatic heterocycles. The van der Waals surface area contributed by atoms with E-state index in [-0.39, 0.29) is 11.7 Å². The summed E-state index contributed by atoms with van der Waals surface area (Å²) in [5.74, 6) is 7.37. The van der Waals surface area contributed by atoms with Crippen molar-refractivity contribution in [3.05, 3.63) is 46.4 Å². The third-order valence-corrected chi connectivity index (χ3v) is 5.33. The molecule has 1 heterocycles. The largest absolute Gasteiger partial charge is 0.493 e. The van der Waals surface area contributed by atoms with Crippen LogP contribution in [0.2, 0.25) is 10.0 Å². The highest BCUT2D eigenvalue weighted by Crippen LogP contribution is 2.31. The van der Waals surface area contributed by atoms with Crippen molar-refractivity contribution in [1.82, 2.24) is 14.9 Å². The van der Waals surface area contributed by atoms with Crippen molar-refractivity contribution in [2.75, 3.05) is 31.1 Å². The third-order valence-electron chi connectivity index (χ3n) is 3.84. The Labute approximate surface area is 181 Å². The van der Waals surface area contributed by atoms with Gasteiger partial charge >= 0.3 is 0 Å². The number of anilines is 1. The maximum absolute atomic E-state index is 12.3. The van der Waals surface area contributed by atoms with Crippen LogP contribution in [0.3, 0.4) is 0 Å². The van der Waals surface area contributed by atoms with Gasteiger partial charge in [-0.2, -0.15) is 0 Å². The lowest BCUT2D eigenvalue weighted by atomic mass is 10.2. The lowest BCUT2D eigenvalue weighted by Gasteiger charge is -2.10. The number of carbonyl (C=O) groups is 1. The van der Waals surface area contributed by atoms with Crippen LogP contribution in [-0.4, -0.2) is 40.8 Å². The predicted octanol–water partition coefficient (Wildman–Crippen LogP) is 3.71. The number of aromatic nitrogens is 3. The minimum atomic E-state index is -0.240. The zero-order valence-corrected chi connectivity index (χ0v) is 17.8. The van der Waals surface area contributed by atoms with Crippen molar-refractivity contribution in [2.45, 2.75) is 5.16 Å². The highest BCUT2D eigenvalue weighted by atomic mass is 35.5. The molecule has 3 N–H and O–H groups in total. The number of methoxy groups -OCH3 is 2. The number of nitrogens with two attached hydrogens (primary N) is 1. The molecule has 1 aromatic heterocycles. The second kappa shape index (κ2) is 9.25. The van der Waals surface area contributed by atoms with Crippen LogP contribution in [0, 0.1) is 0 Å². The Hall–Kier alpha value is -2.62. The molecule has 0 radical (unpaired) electrons. The maximum atomic E-state index is 12.3. The zero-order chi connectivity index (χ0) is 21.0. The Morgan fingerprint density at radius 3 is 2.59 bits per heavy atom. The molecule has 0 saturated carbocycles. The van der Waals surface area contributed by atoms with Crippen LogP contribution >= 0.6 is 35.0 Å². The van der Waals surface area contributed by atoms with Crippen LogP contribution in [0.15, 0.2) is 41.6 Å². The first kappa shape index (κ1) is 21.1. The molecule has 0 unspecified atom stereocenters. The fraction of sp³-hybridized carbons (Fsp3) is 0.167. The van der Waals surface area contributed by atoms with Crippen LogP contribution in [0.1, 0.15) is 0 Å². The van der Waals surface area contributed by atoms with Gasteiger partial charge in [-0.25, -0.2) is 4.68 Å². The molecule has 0 saturated heterocycles. The summed E-state index contributed by atoms with van der Waals surface area (Å²) >= 11 is 13.3. The molecule has 0 bridgehead atoms. The number of carbonyl (C=O) groups excluding carboxylic acids is 1. The quantitative estimate of drug-likeness (QED) is 0.414. The summed E-state index contributed by atoms with van der Waals surface area (Å²) < 4.78 is 11.7. The van der Waals surface area contributed by atoms with E-state index >= 15 is 0 Å². The number of nitrogen functional groups attached to an aromatic ring is 1.